The number of ether oxygens (including phenoxy) is 2. The molecule has 0 atom stereocenters. The van der Waals surface area contributed by atoms with E-state index in [4.69, 9.17) is 9.47 Å². The Kier molecular flexibility index (Phi) is 6.66. The zero-order valence-corrected chi connectivity index (χ0v) is 18.1. The molecule has 1 aromatic rings. The molecule has 0 aromatic heterocycles. The lowest BCUT2D eigenvalue weighted by Gasteiger charge is -2.27. The average molecular weight is 469 g/mol. The fraction of sp³-hybridized carbons (Fsp3) is 0.421. The molecule has 0 unspecified atom stereocenters. The van der Waals surface area contributed by atoms with Gasteiger partial charge in [-0.3, -0.25) is 19.3 Å². The van der Waals surface area contributed by atoms with Crippen molar-refractivity contribution in [1.29, 1.82) is 0 Å². The average Bonchev–Trinajstić information content (AvgIpc) is 2.97. The van der Waals surface area contributed by atoms with Gasteiger partial charge < -0.3 is 14.4 Å². The van der Waals surface area contributed by atoms with Gasteiger partial charge in [-0.2, -0.15) is 0 Å². The molecule has 3 rings (SSSR count). The van der Waals surface area contributed by atoms with Gasteiger partial charge in [0, 0.05) is 17.6 Å². The maximum Gasteiger partial charge on any atom is 0.294 e. The summed E-state index contributed by atoms with van der Waals surface area (Å²) in [7, 11) is 3.06. The second kappa shape index (κ2) is 9.00. The van der Waals surface area contributed by atoms with Gasteiger partial charge in [0.1, 0.15) is 6.54 Å². The number of imide groups is 1. The molecule has 0 N–H and O–H groups in total. The van der Waals surface area contributed by atoms with Crippen LogP contribution in [0.3, 0.4) is 0 Å². The van der Waals surface area contributed by atoms with Gasteiger partial charge in [-0.15, -0.1) is 0 Å². The molecule has 28 heavy (non-hydrogen) atoms. The van der Waals surface area contributed by atoms with Gasteiger partial charge in [-0.25, -0.2) is 0 Å². The van der Waals surface area contributed by atoms with Gasteiger partial charge in [0.25, 0.3) is 11.1 Å². The molecule has 0 saturated carbocycles. The first-order chi connectivity index (χ1) is 13.4. The molecule has 9 heteroatoms. The van der Waals surface area contributed by atoms with Crippen LogP contribution in [0.1, 0.15) is 24.8 Å². The number of piperidine rings is 1. The molecule has 2 aliphatic heterocycles. The van der Waals surface area contributed by atoms with Crippen LogP contribution in [-0.2, 0) is 9.59 Å². The lowest BCUT2D eigenvalue weighted by molar-refractivity contribution is -0.136. The van der Waals surface area contributed by atoms with E-state index in [1.165, 1.54) is 14.2 Å². The highest BCUT2D eigenvalue weighted by atomic mass is 79.9. The van der Waals surface area contributed by atoms with Gasteiger partial charge in [0.2, 0.25) is 5.91 Å². The Morgan fingerprint density at radius 1 is 1.14 bits per heavy atom. The first kappa shape index (κ1) is 20.7. The molecule has 7 nitrogen and oxygen atoms in total. The van der Waals surface area contributed by atoms with Crippen LogP contribution in [0, 0.1) is 0 Å². The number of carbonyl (C=O) groups excluding carboxylic acids is 3. The van der Waals surface area contributed by atoms with E-state index in [0.29, 0.717) is 34.6 Å². The molecule has 0 radical (unpaired) electrons. The van der Waals surface area contributed by atoms with Crippen LogP contribution in [0.2, 0.25) is 0 Å². The van der Waals surface area contributed by atoms with Crippen molar-refractivity contribution in [1.82, 2.24) is 9.80 Å². The third kappa shape index (κ3) is 4.35. The molecular formula is C19H21BrN2O5S. The van der Waals surface area contributed by atoms with Crippen LogP contribution in [-0.4, -0.2) is 60.7 Å². The molecule has 0 spiro atoms. The van der Waals surface area contributed by atoms with E-state index in [-0.39, 0.29) is 17.4 Å². The standard InChI is InChI=1S/C19H21BrN2O5S/c1-26-14-8-12(13(20)10-15(14)27-2)9-16-18(24)22(19(25)28-16)11-17(23)21-6-4-3-5-7-21/h8-10H,3-7,11H2,1-2H3/b16-9-. The van der Waals surface area contributed by atoms with E-state index in [0.717, 1.165) is 35.9 Å². The van der Waals surface area contributed by atoms with Crippen LogP contribution in [0.5, 0.6) is 11.5 Å². The van der Waals surface area contributed by atoms with Crippen molar-refractivity contribution in [3.63, 3.8) is 0 Å². The molecule has 1 aromatic carbocycles. The second-order valence-electron chi connectivity index (χ2n) is 6.44. The Bertz CT molecular complexity index is 836. The van der Waals surface area contributed by atoms with Crippen LogP contribution in [0.4, 0.5) is 4.79 Å². The topological polar surface area (TPSA) is 76.2 Å². The number of likely N-dealkylation sites (tertiary alicyclic amines) is 1. The second-order valence-corrected chi connectivity index (χ2v) is 8.29. The van der Waals surface area contributed by atoms with E-state index >= 15 is 0 Å². The van der Waals surface area contributed by atoms with E-state index in [9.17, 15) is 14.4 Å². The summed E-state index contributed by atoms with van der Waals surface area (Å²) in [6, 6.07) is 3.45. The minimum Gasteiger partial charge on any atom is -0.493 e. The number of amides is 3. The quantitative estimate of drug-likeness (QED) is 0.615. The number of nitrogens with zero attached hydrogens (tertiary/aromatic N) is 2. The van der Waals surface area contributed by atoms with Crippen molar-refractivity contribution >= 4 is 50.8 Å². The molecular weight excluding hydrogens is 448 g/mol. The Morgan fingerprint density at radius 3 is 2.43 bits per heavy atom. The molecule has 2 fully saturated rings. The van der Waals surface area contributed by atoms with Crippen LogP contribution in [0.15, 0.2) is 21.5 Å². The number of rotatable bonds is 5. The van der Waals surface area contributed by atoms with E-state index in [1.807, 2.05) is 0 Å². The molecule has 0 bridgehead atoms. The Hall–Kier alpha value is -2.00. The van der Waals surface area contributed by atoms with E-state index < -0.39 is 11.1 Å². The number of hydrogen-bond donors (Lipinski definition) is 0. The fourth-order valence-corrected chi connectivity index (χ4v) is 4.40. The Labute approximate surface area is 176 Å². The van der Waals surface area contributed by atoms with Crippen molar-refractivity contribution in [3.05, 3.63) is 27.1 Å². The lowest BCUT2D eigenvalue weighted by atomic mass is 10.1. The summed E-state index contributed by atoms with van der Waals surface area (Å²) in [5.41, 5.74) is 0.672. The normalized spacial score (nSPS) is 18.8. The highest BCUT2D eigenvalue weighted by Crippen LogP contribution is 2.37. The third-order valence-corrected chi connectivity index (χ3v) is 6.26. The maximum atomic E-state index is 12.7. The first-order valence-corrected chi connectivity index (χ1v) is 10.5. The summed E-state index contributed by atoms with van der Waals surface area (Å²) in [6.45, 7) is 1.15. The molecule has 2 heterocycles. The minimum atomic E-state index is -0.456. The molecule has 2 aliphatic rings. The van der Waals surface area contributed by atoms with Crippen LogP contribution >= 0.6 is 27.7 Å². The Morgan fingerprint density at radius 2 is 1.79 bits per heavy atom. The zero-order valence-electron chi connectivity index (χ0n) is 15.7. The van der Waals surface area contributed by atoms with Crippen molar-refractivity contribution in [2.24, 2.45) is 0 Å². The zero-order chi connectivity index (χ0) is 20.3. The summed E-state index contributed by atoms with van der Waals surface area (Å²) >= 11 is 4.27. The number of benzene rings is 1. The van der Waals surface area contributed by atoms with Crippen molar-refractivity contribution in [3.8, 4) is 11.5 Å². The highest BCUT2D eigenvalue weighted by Gasteiger charge is 2.37. The number of thioether (sulfide) groups is 1. The van der Waals surface area contributed by atoms with Crippen molar-refractivity contribution < 1.29 is 23.9 Å². The number of hydrogen-bond acceptors (Lipinski definition) is 6. The number of halogens is 1. The smallest absolute Gasteiger partial charge is 0.294 e. The molecule has 0 aliphatic carbocycles. The predicted molar refractivity (Wildman–Crippen MR) is 110 cm³/mol. The summed E-state index contributed by atoms with van der Waals surface area (Å²) in [5, 5.41) is -0.432. The van der Waals surface area contributed by atoms with Gasteiger partial charge in [-0.05, 0) is 54.8 Å². The van der Waals surface area contributed by atoms with E-state index in [2.05, 4.69) is 15.9 Å². The molecule has 150 valence electrons. The Balaban J connectivity index is 1.78. The largest absolute Gasteiger partial charge is 0.493 e. The summed E-state index contributed by atoms with van der Waals surface area (Å²) in [5.74, 6) is 0.417. The van der Waals surface area contributed by atoms with Crippen LogP contribution in [0.25, 0.3) is 6.08 Å². The van der Waals surface area contributed by atoms with Gasteiger partial charge >= 0.3 is 0 Å². The summed E-state index contributed by atoms with van der Waals surface area (Å²) in [6.07, 6.45) is 4.64. The number of carbonyl (C=O) groups is 3. The van der Waals surface area contributed by atoms with Crippen molar-refractivity contribution in [2.45, 2.75) is 19.3 Å². The van der Waals surface area contributed by atoms with Gasteiger partial charge in [-0.1, -0.05) is 15.9 Å². The van der Waals surface area contributed by atoms with Gasteiger partial charge in [0.15, 0.2) is 11.5 Å². The SMILES string of the molecule is COc1cc(Br)c(/C=C2\SC(=O)N(CC(=O)N3CCCCC3)C2=O)cc1OC. The van der Waals surface area contributed by atoms with Gasteiger partial charge in [0.05, 0.1) is 19.1 Å². The van der Waals surface area contributed by atoms with E-state index in [1.54, 1.807) is 23.1 Å². The molecule has 2 saturated heterocycles. The summed E-state index contributed by atoms with van der Waals surface area (Å²) < 4.78 is 11.2. The predicted octanol–water partition coefficient (Wildman–Crippen LogP) is 3.52. The highest BCUT2D eigenvalue weighted by molar-refractivity contribution is 9.10. The monoisotopic (exact) mass is 468 g/mol. The lowest BCUT2D eigenvalue weighted by Crippen LogP contribution is -2.44. The summed E-state index contributed by atoms with van der Waals surface area (Å²) in [4.78, 5) is 40.5. The number of methoxy groups -OCH3 is 2. The third-order valence-electron chi connectivity index (χ3n) is 4.67. The minimum absolute atomic E-state index is 0.185. The first-order valence-electron chi connectivity index (χ1n) is 8.89. The maximum absolute atomic E-state index is 12.7. The fourth-order valence-electron chi connectivity index (χ4n) is 3.14. The van der Waals surface area contributed by atoms with Crippen molar-refractivity contribution in [2.75, 3.05) is 33.9 Å². The molecule has 3 amide bonds. The van der Waals surface area contributed by atoms with Crippen LogP contribution < -0.4 is 9.47 Å².